The van der Waals surface area contributed by atoms with Crippen LogP contribution in [0.3, 0.4) is 0 Å². The number of hydrogen-bond acceptors (Lipinski definition) is 0. The molecule has 0 fully saturated rings. The van der Waals surface area contributed by atoms with Gasteiger partial charge in [0.25, 0.3) is 0 Å². The van der Waals surface area contributed by atoms with Gasteiger partial charge in [0.2, 0.25) is 0 Å². The zero-order valence-corrected chi connectivity index (χ0v) is 9.76. The van der Waals surface area contributed by atoms with Crippen molar-refractivity contribution in [1.29, 1.82) is 0 Å². The van der Waals surface area contributed by atoms with Crippen molar-refractivity contribution < 1.29 is 0 Å². The van der Waals surface area contributed by atoms with Crippen molar-refractivity contribution in [3.05, 3.63) is 34.9 Å². The van der Waals surface area contributed by atoms with E-state index in [9.17, 15) is 0 Å². The van der Waals surface area contributed by atoms with Crippen molar-refractivity contribution in [2.45, 2.75) is 37.4 Å². The van der Waals surface area contributed by atoms with Gasteiger partial charge in [-0.3, -0.25) is 0 Å². The van der Waals surface area contributed by atoms with E-state index in [1.165, 1.54) is 17.5 Å². The minimum absolute atomic E-state index is 0.587. The normalized spacial score (nSPS) is 26.1. The molecule has 0 aromatic heterocycles. The van der Waals surface area contributed by atoms with Crippen LogP contribution in [0.5, 0.6) is 0 Å². The summed E-state index contributed by atoms with van der Waals surface area (Å²) in [4.78, 5) is 0.587. The van der Waals surface area contributed by atoms with Crippen molar-refractivity contribution in [2.75, 3.05) is 0 Å². The van der Waals surface area contributed by atoms with Crippen molar-refractivity contribution in [3.63, 3.8) is 0 Å². The molecule has 2 rings (SSSR count). The van der Waals surface area contributed by atoms with Crippen LogP contribution < -0.4 is 0 Å². The van der Waals surface area contributed by atoms with E-state index in [2.05, 4.69) is 48.0 Å². The summed E-state index contributed by atoms with van der Waals surface area (Å²) in [5, 5.41) is 0. The predicted octanol–water partition coefficient (Wildman–Crippen LogP) is 4.19. The first-order valence-electron chi connectivity index (χ1n) is 4.99. The Balaban J connectivity index is 2.46. The van der Waals surface area contributed by atoms with E-state index in [1.807, 2.05) is 0 Å². The monoisotopic (exact) mass is 238 g/mol. The van der Waals surface area contributed by atoms with Gasteiger partial charge < -0.3 is 0 Å². The van der Waals surface area contributed by atoms with E-state index in [0.717, 1.165) is 12.3 Å². The molecule has 0 saturated carbocycles. The molecule has 0 N–H and O–H groups in total. The lowest BCUT2D eigenvalue weighted by Crippen LogP contribution is -1.88. The number of alkyl halides is 1. The molecule has 1 aromatic carbocycles. The second kappa shape index (κ2) is 3.45. The van der Waals surface area contributed by atoms with Crippen LogP contribution in [-0.4, -0.2) is 0 Å². The first-order valence-corrected chi connectivity index (χ1v) is 5.90. The highest BCUT2D eigenvalue weighted by Crippen LogP contribution is 2.44. The van der Waals surface area contributed by atoms with Crippen molar-refractivity contribution >= 4 is 15.9 Å². The molecule has 0 spiro atoms. The van der Waals surface area contributed by atoms with Gasteiger partial charge in [-0.05, 0) is 35.4 Å². The molecule has 1 aliphatic carbocycles. The molecule has 1 heteroatoms. The van der Waals surface area contributed by atoms with E-state index >= 15 is 0 Å². The average Bonchev–Trinajstić information content (AvgIpc) is 2.42. The molecule has 0 radical (unpaired) electrons. The molecule has 70 valence electrons. The lowest BCUT2D eigenvalue weighted by molar-refractivity contribution is 0.743. The molecular formula is C12H15Br. The SMILES string of the molecule is CCc1ccc2c(c1)C(Br)CC2C. The van der Waals surface area contributed by atoms with E-state index in [-0.39, 0.29) is 0 Å². The summed E-state index contributed by atoms with van der Waals surface area (Å²) in [5.41, 5.74) is 4.52. The third-order valence-corrected chi connectivity index (χ3v) is 3.86. The number of rotatable bonds is 1. The standard InChI is InChI=1S/C12H15Br/c1-3-9-4-5-10-8(2)6-12(13)11(10)7-9/h4-5,7-8,12H,3,6H2,1-2H3. The fourth-order valence-electron chi connectivity index (χ4n) is 2.13. The maximum absolute atomic E-state index is 3.74. The molecule has 0 aliphatic heterocycles. The van der Waals surface area contributed by atoms with Gasteiger partial charge in [0.05, 0.1) is 0 Å². The Labute approximate surface area is 88.5 Å². The molecule has 0 amide bonds. The molecule has 0 bridgehead atoms. The molecule has 0 heterocycles. The first-order chi connectivity index (χ1) is 6.22. The Morgan fingerprint density at radius 1 is 1.38 bits per heavy atom. The third-order valence-electron chi connectivity index (χ3n) is 2.99. The van der Waals surface area contributed by atoms with E-state index in [0.29, 0.717) is 4.83 Å². The second-order valence-electron chi connectivity index (χ2n) is 3.92. The van der Waals surface area contributed by atoms with Crippen LogP contribution in [0, 0.1) is 0 Å². The lowest BCUT2D eigenvalue weighted by Gasteiger charge is -2.06. The molecule has 1 aliphatic rings. The van der Waals surface area contributed by atoms with Crippen LogP contribution >= 0.6 is 15.9 Å². The van der Waals surface area contributed by atoms with Gasteiger partial charge in [0, 0.05) is 4.83 Å². The van der Waals surface area contributed by atoms with E-state index in [4.69, 9.17) is 0 Å². The minimum atomic E-state index is 0.587. The fraction of sp³-hybridized carbons (Fsp3) is 0.500. The van der Waals surface area contributed by atoms with E-state index in [1.54, 1.807) is 5.56 Å². The largest absolute Gasteiger partial charge is 0.0838 e. The number of benzene rings is 1. The lowest BCUT2D eigenvalue weighted by atomic mass is 10.0. The molecular weight excluding hydrogens is 224 g/mol. The zero-order valence-electron chi connectivity index (χ0n) is 8.18. The summed E-state index contributed by atoms with van der Waals surface area (Å²) in [7, 11) is 0. The van der Waals surface area contributed by atoms with Gasteiger partial charge >= 0.3 is 0 Å². The van der Waals surface area contributed by atoms with Crippen LogP contribution in [0.2, 0.25) is 0 Å². The van der Waals surface area contributed by atoms with E-state index < -0.39 is 0 Å². The Kier molecular flexibility index (Phi) is 2.46. The van der Waals surface area contributed by atoms with Crippen molar-refractivity contribution in [1.82, 2.24) is 0 Å². The highest BCUT2D eigenvalue weighted by Gasteiger charge is 2.25. The Morgan fingerprint density at radius 2 is 2.15 bits per heavy atom. The number of aryl methyl sites for hydroxylation is 1. The summed E-state index contributed by atoms with van der Waals surface area (Å²) in [6.45, 7) is 4.52. The highest BCUT2D eigenvalue weighted by atomic mass is 79.9. The average molecular weight is 239 g/mol. The van der Waals surface area contributed by atoms with Crippen LogP contribution in [-0.2, 0) is 6.42 Å². The molecule has 2 atom stereocenters. The van der Waals surface area contributed by atoms with Gasteiger partial charge in [0.1, 0.15) is 0 Å². The molecule has 1 aromatic rings. The summed E-state index contributed by atoms with van der Waals surface area (Å²) < 4.78 is 0. The molecule has 0 saturated heterocycles. The van der Waals surface area contributed by atoms with Gasteiger partial charge in [0.15, 0.2) is 0 Å². The third kappa shape index (κ3) is 1.54. The van der Waals surface area contributed by atoms with Gasteiger partial charge in [-0.2, -0.15) is 0 Å². The smallest absolute Gasteiger partial charge is 0.0404 e. The number of halogens is 1. The summed E-state index contributed by atoms with van der Waals surface area (Å²) in [6, 6.07) is 6.93. The Morgan fingerprint density at radius 3 is 2.85 bits per heavy atom. The Bertz CT molecular complexity index is 317. The quantitative estimate of drug-likeness (QED) is 0.644. The van der Waals surface area contributed by atoms with Gasteiger partial charge in [-0.15, -0.1) is 0 Å². The first kappa shape index (κ1) is 9.26. The van der Waals surface area contributed by atoms with Crippen molar-refractivity contribution in [2.24, 2.45) is 0 Å². The number of hydrogen-bond donors (Lipinski definition) is 0. The highest BCUT2D eigenvalue weighted by molar-refractivity contribution is 9.09. The summed E-state index contributed by atoms with van der Waals surface area (Å²) in [6.07, 6.45) is 2.39. The zero-order chi connectivity index (χ0) is 9.42. The van der Waals surface area contributed by atoms with Gasteiger partial charge in [-0.25, -0.2) is 0 Å². The van der Waals surface area contributed by atoms with Crippen LogP contribution in [0.25, 0.3) is 0 Å². The van der Waals surface area contributed by atoms with Crippen LogP contribution in [0.1, 0.15) is 47.7 Å². The van der Waals surface area contributed by atoms with Gasteiger partial charge in [-0.1, -0.05) is 48.0 Å². The maximum atomic E-state index is 3.74. The summed E-state index contributed by atoms with van der Waals surface area (Å²) in [5.74, 6) is 0.727. The topological polar surface area (TPSA) is 0 Å². The number of fused-ring (bicyclic) bond motifs is 1. The van der Waals surface area contributed by atoms with Crippen LogP contribution in [0.15, 0.2) is 18.2 Å². The summed E-state index contributed by atoms with van der Waals surface area (Å²) >= 11 is 3.74. The fourth-order valence-corrected chi connectivity index (χ4v) is 3.09. The predicted molar refractivity (Wildman–Crippen MR) is 60.5 cm³/mol. The minimum Gasteiger partial charge on any atom is -0.0838 e. The Hall–Kier alpha value is -0.300. The molecule has 0 nitrogen and oxygen atoms in total. The van der Waals surface area contributed by atoms with Crippen LogP contribution in [0.4, 0.5) is 0 Å². The maximum Gasteiger partial charge on any atom is 0.0404 e. The second-order valence-corrected chi connectivity index (χ2v) is 5.03. The molecule has 2 unspecified atom stereocenters. The van der Waals surface area contributed by atoms with Crippen molar-refractivity contribution in [3.8, 4) is 0 Å². The molecule has 13 heavy (non-hydrogen) atoms.